The molecule has 0 fully saturated rings. The van der Waals surface area contributed by atoms with Gasteiger partial charge >= 0.3 is 5.97 Å². The highest BCUT2D eigenvalue weighted by atomic mass is 16.4. The van der Waals surface area contributed by atoms with Gasteiger partial charge < -0.3 is 5.11 Å². The second-order valence-electron chi connectivity index (χ2n) is 3.83. The number of carbonyl (C=O) groups is 1. The van der Waals surface area contributed by atoms with Crippen LogP contribution in [0.4, 0.5) is 0 Å². The van der Waals surface area contributed by atoms with E-state index in [-0.39, 0.29) is 5.69 Å². The van der Waals surface area contributed by atoms with E-state index in [1.165, 1.54) is 6.07 Å². The zero-order chi connectivity index (χ0) is 12.6. The van der Waals surface area contributed by atoms with E-state index >= 15 is 0 Å². The SMILES string of the molecule is CCn1nc(C)c(-c2cc(C(=O)O)[nH]n2)c1C. The third-order valence-corrected chi connectivity index (χ3v) is 2.75. The topological polar surface area (TPSA) is 83.8 Å². The average molecular weight is 234 g/mol. The summed E-state index contributed by atoms with van der Waals surface area (Å²) in [7, 11) is 0. The Morgan fingerprint density at radius 2 is 2.24 bits per heavy atom. The molecule has 2 rings (SSSR count). The van der Waals surface area contributed by atoms with Crippen molar-refractivity contribution in [2.45, 2.75) is 27.3 Å². The lowest BCUT2D eigenvalue weighted by molar-refractivity contribution is 0.0690. The molecule has 0 unspecified atom stereocenters. The number of hydrogen-bond donors (Lipinski definition) is 2. The first-order chi connectivity index (χ1) is 8.04. The first-order valence-corrected chi connectivity index (χ1v) is 5.37. The molecule has 0 radical (unpaired) electrons. The number of carboxylic acid groups (broad SMARTS) is 1. The molecule has 90 valence electrons. The number of carboxylic acids is 1. The molecule has 0 aliphatic carbocycles. The minimum absolute atomic E-state index is 0.0862. The van der Waals surface area contributed by atoms with Crippen molar-refractivity contribution in [3.63, 3.8) is 0 Å². The number of aromatic carboxylic acids is 1. The highest BCUT2D eigenvalue weighted by Gasteiger charge is 2.17. The molecule has 0 aliphatic heterocycles. The quantitative estimate of drug-likeness (QED) is 0.845. The second-order valence-corrected chi connectivity index (χ2v) is 3.83. The average Bonchev–Trinajstić information content (AvgIpc) is 2.83. The molecular weight excluding hydrogens is 220 g/mol. The Balaban J connectivity index is 2.52. The molecule has 0 atom stereocenters. The molecular formula is C11H14N4O2. The van der Waals surface area contributed by atoms with Gasteiger partial charge in [0.2, 0.25) is 0 Å². The van der Waals surface area contributed by atoms with Crippen LogP contribution in [0.15, 0.2) is 6.07 Å². The van der Waals surface area contributed by atoms with Crippen molar-refractivity contribution in [1.29, 1.82) is 0 Å². The third-order valence-electron chi connectivity index (χ3n) is 2.75. The summed E-state index contributed by atoms with van der Waals surface area (Å²) in [6.07, 6.45) is 0. The van der Waals surface area contributed by atoms with Gasteiger partial charge in [-0.1, -0.05) is 0 Å². The number of nitrogens with one attached hydrogen (secondary N) is 1. The zero-order valence-electron chi connectivity index (χ0n) is 9.98. The molecule has 0 amide bonds. The van der Waals surface area contributed by atoms with Crippen LogP contribution in [0, 0.1) is 13.8 Å². The Labute approximate surface area is 98.3 Å². The Kier molecular flexibility index (Phi) is 2.71. The van der Waals surface area contributed by atoms with Crippen LogP contribution >= 0.6 is 0 Å². The maximum Gasteiger partial charge on any atom is 0.353 e. The van der Waals surface area contributed by atoms with Crippen LogP contribution in [-0.2, 0) is 6.54 Å². The van der Waals surface area contributed by atoms with Gasteiger partial charge in [-0.05, 0) is 26.8 Å². The third kappa shape index (κ3) is 1.82. The molecule has 0 aromatic carbocycles. The van der Waals surface area contributed by atoms with Gasteiger partial charge in [0.1, 0.15) is 5.69 Å². The number of hydrogen-bond acceptors (Lipinski definition) is 3. The maximum absolute atomic E-state index is 10.8. The van der Waals surface area contributed by atoms with Crippen LogP contribution in [-0.4, -0.2) is 31.1 Å². The highest BCUT2D eigenvalue weighted by molar-refractivity contribution is 5.87. The lowest BCUT2D eigenvalue weighted by Crippen LogP contribution is -1.98. The monoisotopic (exact) mass is 234 g/mol. The maximum atomic E-state index is 10.8. The van der Waals surface area contributed by atoms with Crippen molar-refractivity contribution >= 4 is 5.97 Å². The molecule has 2 N–H and O–H groups in total. The highest BCUT2D eigenvalue weighted by Crippen LogP contribution is 2.25. The number of aromatic amines is 1. The Morgan fingerprint density at radius 3 is 2.71 bits per heavy atom. The number of nitrogens with zero attached hydrogens (tertiary/aromatic N) is 3. The smallest absolute Gasteiger partial charge is 0.353 e. The van der Waals surface area contributed by atoms with Gasteiger partial charge in [0, 0.05) is 17.8 Å². The summed E-state index contributed by atoms with van der Waals surface area (Å²) in [4.78, 5) is 10.8. The van der Waals surface area contributed by atoms with Crippen molar-refractivity contribution in [3.8, 4) is 11.3 Å². The van der Waals surface area contributed by atoms with Crippen LogP contribution < -0.4 is 0 Å². The van der Waals surface area contributed by atoms with Gasteiger partial charge in [0.05, 0.1) is 11.4 Å². The van der Waals surface area contributed by atoms with E-state index in [1.54, 1.807) is 0 Å². The molecule has 2 heterocycles. The predicted octanol–water partition coefficient (Wildman–Crippen LogP) is 1.61. The summed E-state index contributed by atoms with van der Waals surface area (Å²) >= 11 is 0. The molecule has 6 heteroatoms. The van der Waals surface area contributed by atoms with Gasteiger partial charge in [-0.3, -0.25) is 9.78 Å². The number of aromatic nitrogens is 4. The Hall–Kier alpha value is -2.11. The molecule has 0 bridgehead atoms. The van der Waals surface area contributed by atoms with Crippen LogP contribution in [0.1, 0.15) is 28.8 Å². The summed E-state index contributed by atoms with van der Waals surface area (Å²) < 4.78 is 1.87. The van der Waals surface area contributed by atoms with Crippen molar-refractivity contribution in [3.05, 3.63) is 23.1 Å². The predicted molar refractivity (Wildman–Crippen MR) is 61.9 cm³/mol. The molecule has 6 nitrogen and oxygen atoms in total. The zero-order valence-corrected chi connectivity index (χ0v) is 9.98. The minimum atomic E-state index is -1.01. The number of H-pyrrole nitrogens is 1. The second kappa shape index (κ2) is 4.04. The largest absolute Gasteiger partial charge is 0.477 e. The van der Waals surface area contributed by atoms with Crippen LogP contribution in [0.25, 0.3) is 11.3 Å². The summed E-state index contributed by atoms with van der Waals surface area (Å²) in [6.45, 7) is 6.64. The Morgan fingerprint density at radius 1 is 1.53 bits per heavy atom. The minimum Gasteiger partial charge on any atom is -0.477 e. The molecule has 0 saturated carbocycles. The number of rotatable bonds is 3. The van der Waals surface area contributed by atoms with Crippen molar-refractivity contribution in [1.82, 2.24) is 20.0 Å². The van der Waals surface area contributed by atoms with Crippen molar-refractivity contribution < 1.29 is 9.90 Å². The lowest BCUT2D eigenvalue weighted by atomic mass is 10.1. The summed E-state index contributed by atoms with van der Waals surface area (Å²) in [5.41, 5.74) is 3.46. The van der Waals surface area contributed by atoms with E-state index in [2.05, 4.69) is 15.3 Å². The molecule has 0 spiro atoms. The van der Waals surface area contributed by atoms with E-state index in [0.29, 0.717) is 5.69 Å². The fraction of sp³-hybridized carbons (Fsp3) is 0.364. The first-order valence-electron chi connectivity index (χ1n) is 5.37. The van der Waals surface area contributed by atoms with Gasteiger partial charge in [0.15, 0.2) is 0 Å². The summed E-state index contributed by atoms with van der Waals surface area (Å²) in [5, 5.41) is 19.7. The molecule has 17 heavy (non-hydrogen) atoms. The van der Waals surface area contributed by atoms with Crippen LogP contribution in [0.3, 0.4) is 0 Å². The molecule has 2 aromatic heterocycles. The van der Waals surface area contributed by atoms with Gasteiger partial charge in [0.25, 0.3) is 0 Å². The van der Waals surface area contributed by atoms with E-state index in [0.717, 1.165) is 23.5 Å². The fourth-order valence-electron chi connectivity index (χ4n) is 1.93. The lowest BCUT2D eigenvalue weighted by Gasteiger charge is -1.99. The Bertz CT molecular complexity index is 568. The summed E-state index contributed by atoms with van der Waals surface area (Å²) in [6, 6.07) is 1.53. The standard InChI is InChI=1S/C11H14N4O2/c1-4-15-7(3)10(6(2)14-15)8-5-9(11(16)17)13-12-8/h5H,4H2,1-3H3,(H,12,13)(H,16,17). The van der Waals surface area contributed by atoms with Crippen molar-refractivity contribution in [2.24, 2.45) is 0 Å². The van der Waals surface area contributed by atoms with Gasteiger partial charge in [-0.15, -0.1) is 0 Å². The van der Waals surface area contributed by atoms with Crippen molar-refractivity contribution in [2.75, 3.05) is 0 Å². The van der Waals surface area contributed by atoms with E-state index in [4.69, 9.17) is 5.11 Å². The molecule has 0 saturated heterocycles. The van der Waals surface area contributed by atoms with Gasteiger partial charge in [-0.2, -0.15) is 10.2 Å². The summed E-state index contributed by atoms with van der Waals surface area (Å²) in [5.74, 6) is -1.01. The van der Waals surface area contributed by atoms with E-state index in [1.807, 2.05) is 25.5 Å². The number of aryl methyl sites for hydroxylation is 2. The van der Waals surface area contributed by atoms with Crippen LogP contribution in [0.5, 0.6) is 0 Å². The normalized spacial score (nSPS) is 10.8. The van der Waals surface area contributed by atoms with Crippen LogP contribution in [0.2, 0.25) is 0 Å². The molecule has 0 aliphatic rings. The fourth-order valence-corrected chi connectivity index (χ4v) is 1.93. The first kappa shape index (κ1) is 11.4. The van der Waals surface area contributed by atoms with Gasteiger partial charge in [-0.25, -0.2) is 4.79 Å². The van der Waals surface area contributed by atoms with E-state index < -0.39 is 5.97 Å². The molecule has 2 aromatic rings. The van der Waals surface area contributed by atoms with E-state index in [9.17, 15) is 4.79 Å².